The smallest absolute Gasteiger partial charge is 0.250 e. The van der Waals surface area contributed by atoms with Gasteiger partial charge >= 0.3 is 0 Å². The van der Waals surface area contributed by atoms with Crippen molar-refractivity contribution in [2.75, 3.05) is 10.2 Å². The minimum absolute atomic E-state index is 0.147. The highest BCUT2D eigenvalue weighted by Crippen LogP contribution is 2.41. The molecule has 1 aliphatic carbocycles. The fraction of sp³-hybridized carbons (Fsp3) is 0.333. The number of hydrogen-bond acceptors (Lipinski definition) is 5. The van der Waals surface area contributed by atoms with E-state index in [1.165, 1.54) is 11.8 Å². The molecule has 0 spiro atoms. The van der Waals surface area contributed by atoms with Crippen LogP contribution in [0.25, 0.3) is 5.69 Å². The lowest BCUT2D eigenvalue weighted by molar-refractivity contribution is -0.126. The second-order valence-corrected chi connectivity index (χ2v) is 10.0. The molecule has 7 nitrogen and oxygen atoms in total. The summed E-state index contributed by atoms with van der Waals surface area (Å²) in [5.41, 5.74) is 1.31. The first-order valence-corrected chi connectivity index (χ1v) is 11.7. The Balaban J connectivity index is 1.44. The quantitative estimate of drug-likeness (QED) is 0.587. The number of rotatable bonds is 5. The molecule has 0 saturated heterocycles. The van der Waals surface area contributed by atoms with Gasteiger partial charge < -0.3 is 5.32 Å². The fourth-order valence-electron chi connectivity index (χ4n) is 3.96. The Bertz CT molecular complexity index is 1190. The number of carbonyl (C=O) groups excluding carboxylic acids is 2. The highest BCUT2D eigenvalue weighted by molar-refractivity contribution is 8.00. The number of thioether (sulfide) groups is 1. The lowest BCUT2D eigenvalue weighted by Gasteiger charge is -2.42. The summed E-state index contributed by atoms with van der Waals surface area (Å²) in [5, 5.41) is 7.74. The summed E-state index contributed by atoms with van der Waals surface area (Å²) in [7, 11) is 0. The van der Waals surface area contributed by atoms with Gasteiger partial charge in [-0.05, 0) is 57.9 Å². The molecule has 0 unspecified atom stereocenters. The first-order chi connectivity index (χ1) is 15.4. The number of benzene rings is 2. The molecule has 1 saturated carbocycles. The van der Waals surface area contributed by atoms with Gasteiger partial charge in [0.05, 0.1) is 22.3 Å². The standard InChI is InChI=1S/C24H25N5O2S/c1-15(21(30)28-19-12-8-7-11-18(19)25-22(31)24(28,2)3)32-23-26-20(16-13-14-16)29(27-23)17-9-5-4-6-10-17/h4-12,15-16H,13-14H2,1-3H3,(H,25,31)/t15-/m1/s1. The maximum Gasteiger partial charge on any atom is 0.250 e. The zero-order valence-electron chi connectivity index (χ0n) is 18.3. The molecule has 164 valence electrons. The van der Waals surface area contributed by atoms with Crippen LogP contribution in [-0.4, -0.2) is 37.4 Å². The van der Waals surface area contributed by atoms with Gasteiger partial charge in [0.1, 0.15) is 11.4 Å². The van der Waals surface area contributed by atoms with Gasteiger partial charge in [0.15, 0.2) is 0 Å². The minimum Gasteiger partial charge on any atom is -0.322 e. The summed E-state index contributed by atoms with van der Waals surface area (Å²) in [6.45, 7) is 5.38. The molecule has 32 heavy (non-hydrogen) atoms. The van der Waals surface area contributed by atoms with Crippen LogP contribution >= 0.6 is 11.8 Å². The largest absolute Gasteiger partial charge is 0.322 e. The van der Waals surface area contributed by atoms with E-state index in [9.17, 15) is 9.59 Å². The summed E-state index contributed by atoms with van der Waals surface area (Å²) < 4.78 is 1.89. The van der Waals surface area contributed by atoms with Crippen LogP contribution in [0.15, 0.2) is 59.8 Å². The van der Waals surface area contributed by atoms with E-state index < -0.39 is 10.8 Å². The lowest BCUT2D eigenvalue weighted by atomic mass is 9.96. The molecule has 1 aliphatic heterocycles. The Kier molecular flexibility index (Phi) is 5.04. The zero-order chi connectivity index (χ0) is 22.5. The molecule has 0 radical (unpaired) electrons. The molecular formula is C24H25N5O2S. The number of amides is 2. The van der Waals surface area contributed by atoms with E-state index in [4.69, 9.17) is 10.1 Å². The average Bonchev–Trinajstić information content (AvgIpc) is 3.55. The van der Waals surface area contributed by atoms with Gasteiger partial charge in [0.25, 0.3) is 0 Å². The van der Waals surface area contributed by atoms with E-state index in [1.807, 2.05) is 66.2 Å². The van der Waals surface area contributed by atoms with E-state index in [0.717, 1.165) is 24.4 Å². The second kappa shape index (κ2) is 7.78. The van der Waals surface area contributed by atoms with Gasteiger partial charge in [-0.25, -0.2) is 9.67 Å². The Morgan fingerprint density at radius 3 is 2.53 bits per heavy atom. The first-order valence-electron chi connectivity index (χ1n) is 10.8. The zero-order valence-corrected chi connectivity index (χ0v) is 19.1. The predicted molar refractivity (Wildman–Crippen MR) is 125 cm³/mol. The number of hydrogen-bond donors (Lipinski definition) is 1. The van der Waals surface area contributed by atoms with E-state index >= 15 is 0 Å². The Morgan fingerprint density at radius 1 is 1.12 bits per heavy atom. The molecule has 2 aromatic carbocycles. The number of nitrogens with zero attached hydrogens (tertiary/aromatic N) is 4. The van der Waals surface area contributed by atoms with Crippen molar-refractivity contribution < 1.29 is 9.59 Å². The summed E-state index contributed by atoms with van der Waals surface area (Å²) in [5.74, 6) is 1.01. The maximum absolute atomic E-state index is 13.6. The third kappa shape index (κ3) is 3.58. The van der Waals surface area contributed by atoms with Crippen molar-refractivity contribution in [1.29, 1.82) is 0 Å². The van der Waals surface area contributed by atoms with Gasteiger partial charge in [0.2, 0.25) is 17.0 Å². The Labute approximate surface area is 191 Å². The number of para-hydroxylation sites is 3. The van der Waals surface area contributed by atoms with Crippen LogP contribution in [0.2, 0.25) is 0 Å². The summed E-state index contributed by atoms with van der Waals surface area (Å²) in [4.78, 5) is 32.7. The van der Waals surface area contributed by atoms with Gasteiger partial charge in [-0.3, -0.25) is 14.5 Å². The van der Waals surface area contributed by atoms with Crippen LogP contribution in [0, 0.1) is 0 Å². The third-order valence-electron chi connectivity index (χ3n) is 5.91. The molecule has 1 N–H and O–H groups in total. The third-order valence-corrected chi connectivity index (χ3v) is 6.85. The highest BCUT2D eigenvalue weighted by atomic mass is 32.2. The van der Waals surface area contributed by atoms with Crippen molar-refractivity contribution in [3.05, 3.63) is 60.4 Å². The molecule has 2 heterocycles. The maximum atomic E-state index is 13.6. The van der Waals surface area contributed by atoms with Crippen molar-refractivity contribution in [2.45, 2.75) is 55.5 Å². The van der Waals surface area contributed by atoms with Gasteiger partial charge in [-0.1, -0.05) is 42.1 Å². The van der Waals surface area contributed by atoms with Crippen LogP contribution in [0.5, 0.6) is 0 Å². The molecule has 2 amide bonds. The van der Waals surface area contributed by atoms with Crippen molar-refractivity contribution in [1.82, 2.24) is 14.8 Å². The van der Waals surface area contributed by atoms with Crippen molar-refractivity contribution in [3.8, 4) is 5.69 Å². The molecular weight excluding hydrogens is 422 g/mol. The normalized spacial score (nSPS) is 18.1. The van der Waals surface area contributed by atoms with Crippen LogP contribution in [0.4, 0.5) is 11.4 Å². The van der Waals surface area contributed by atoms with E-state index in [0.29, 0.717) is 22.4 Å². The molecule has 8 heteroatoms. The second-order valence-electron chi connectivity index (χ2n) is 8.74. The number of fused-ring (bicyclic) bond motifs is 1. The topological polar surface area (TPSA) is 80.1 Å². The molecule has 5 rings (SSSR count). The van der Waals surface area contributed by atoms with Crippen molar-refractivity contribution >= 4 is 35.0 Å². The number of aromatic nitrogens is 3. The Hall–Kier alpha value is -3.13. The number of anilines is 2. The van der Waals surface area contributed by atoms with Crippen LogP contribution in [-0.2, 0) is 9.59 Å². The molecule has 1 fully saturated rings. The van der Waals surface area contributed by atoms with E-state index in [1.54, 1.807) is 18.7 Å². The highest BCUT2D eigenvalue weighted by Gasteiger charge is 2.45. The molecule has 0 bridgehead atoms. The van der Waals surface area contributed by atoms with Gasteiger partial charge in [-0.2, -0.15) is 0 Å². The lowest BCUT2D eigenvalue weighted by Crippen LogP contribution is -2.60. The fourth-order valence-corrected chi connectivity index (χ4v) is 4.75. The van der Waals surface area contributed by atoms with Crippen molar-refractivity contribution in [3.63, 3.8) is 0 Å². The molecule has 2 aliphatic rings. The van der Waals surface area contributed by atoms with Gasteiger partial charge in [-0.15, -0.1) is 5.10 Å². The van der Waals surface area contributed by atoms with E-state index in [2.05, 4.69) is 5.32 Å². The predicted octanol–water partition coefficient (Wildman–Crippen LogP) is 4.39. The molecule has 1 aromatic heterocycles. The number of nitrogens with one attached hydrogen (secondary N) is 1. The summed E-state index contributed by atoms with van der Waals surface area (Å²) >= 11 is 1.33. The van der Waals surface area contributed by atoms with Gasteiger partial charge in [0, 0.05) is 5.92 Å². The SMILES string of the molecule is C[C@@H](Sc1nc(C2CC2)n(-c2ccccc2)n1)C(=O)N1c2ccccc2NC(=O)C1(C)C. The summed E-state index contributed by atoms with van der Waals surface area (Å²) in [6, 6.07) is 17.3. The average molecular weight is 448 g/mol. The molecule has 1 atom stereocenters. The van der Waals surface area contributed by atoms with Crippen molar-refractivity contribution in [2.24, 2.45) is 0 Å². The number of carbonyl (C=O) groups is 2. The minimum atomic E-state index is -1.00. The summed E-state index contributed by atoms with van der Waals surface area (Å²) in [6.07, 6.45) is 2.22. The van der Waals surface area contributed by atoms with Crippen LogP contribution in [0.3, 0.4) is 0 Å². The molecule has 3 aromatic rings. The monoisotopic (exact) mass is 447 g/mol. The van der Waals surface area contributed by atoms with Crippen LogP contribution in [0.1, 0.15) is 45.4 Å². The van der Waals surface area contributed by atoms with Crippen LogP contribution < -0.4 is 10.2 Å². The Morgan fingerprint density at radius 2 is 1.81 bits per heavy atom. The first kappa shape index (κ1) is 20.8. The van der Waals surface area contributed by atoms with E-state index in [-0.39, 0.29) is 11.8 Å².